The lowest BCUT2D eigenvalue weighted by Crippen LogP contribution is -2.11. The maximum Gasteiger partial charge on any atom is 0.422 e. The summed E-state index contributed by atoms with van der Waals surface area (Å²) < 4.78 is 37.4. The fourth-order valence-electron chi connectivity index (χ4n) is 0.789. The van der Waals surface area contributed by atoms with Crippen molar-refractivity contribution in [1.82, 2.24) is 0 Å². The minimum Gasteiger partial charge on any atom is -0.282 e. The molecule has 88 valence electrons. The molecule has 0 aliphatic heterocycles. The molecule has 0 N–H and O–H groups in total. The van der Waals surface area contributed by atoms with Gasteiger partial charge in [0.15, 0.2) is 0 Å². The third-order valence-electron chi connectivity index (χ3n) is 1.34. The molecule has 0 unspecified atom stereocenters. The van der Waals surface area contributed by atoms with Crippen molar-refractivity contribution in [3.8, 4) is 6.07 Å². The average Bonchev–Trinajstić information content (AvgIpc) is 2.16. The van der Waals surface area contributed by atoms with E-state index in [9.17, 15) is 13.2 Å². The molecule has 0 bridgehead atoms. The van der Waals surface area contributed by atoms with Gasteiger partial charge < -0.3 is 0 Å². The van der Waals surface area contributed by atoms with Gasteiger partial charge in [-0.25, -0.2) is 0 Å². The van der Waals surface area contributed by atoms with Crippen LogP contribution in [-0.2, 0) is 0 Å². The molecule has 0 aromatic heterocycles. The highest BCUT2D eigenvalue weighted by Gasteiger charge is 2.34. The van der Waals surface area contributed by atoms with E-state index in [-0.39, 0.29) is 11.5 Å². The number of hydrogen-bond donors (Lipinski definition) is 0. The second-order valence-corrected chi connectivity index (χ2v) is 3.68. The van der Waals surface area contributed by atoms with Crippen LogP contribution in [0, 0.1) is 11.3 Å². The summed E-state index contributed by atoms with van der Waals surface area (Å²) in [5.74, 6) is 0. The first-order valence-electron chi connectivity index (χ1n) is 4.43. The largest absolute Gasteiger partial charge is 0.422 e. The molecule has 0 atom stereocenters. The number of hydrogen-bond acceptors (Lipinski definition) is 3. The number of alkyl halides is 3. The summed E-state index contributed by atoms with van der Waals surface area (Å²) >= 11 is 0.463. The highest BCUT2D eigenvalue weighted by atomic mass is 32.2. The van der Waals surface area contributed by atoms with E-state index < -0.39 is 11.1 Å². The molecule has 0 spiro atoms. The number of allylic oxidation sites excluding steroid dienone is 3. The van der Waals surface area contributed by atoms with Gasteiger partial charge in [-0.3, -0.25) is 4.99 Å². The van der Waals surface area contributed by atoms with Crippen LogP contribution in [0.4, 0.5) is 13.2 Å². The van der Waals surface area contributed by atoms with Gasteiger partial charge >= 0.3 is 6.18 Å². The van der Waals surface area contributed by atoms with E-state index in [1.165, 1.54) is 0 Å². The highest BCUT2D eigenvalue weighted by molar-refractivity contribution is 8.17. The van der Waals surface area contributed by atoms with Gasteiger partial charge in [-0.1, -0.05) is 24.4 Å². The molecular formula is C10H11F3N2S. The van der Waals surface area contributed by atoms with E-state index >= 15 is 0 Å². The van der Waals surface area contributed by atoms with Gasteiger partial charge in [0, 0.05) is 6.54 Å². The molecule has 0 aliphatic rings. The molecule has 0 aromatic carbocycles. The summed E-state index contributed by atoms with van der Waals surface area (Å²) in [6.07, 6.45) is -2.63. The van der Waals surface area contributed by atoms with E-state index in [2.05, 4.69) is 11.6 Å². The van der Waals surface area contributed by atoms with Gasteiger partial charge in [-0.05, 0) is 13.0 Å². The summed E-state index contributed by atoms with van der Waals surface area (Å²) in [6.45, 7) is 5.27. The summed E-state index contributed by atoms with van der Waals surface area (Å²) in [5.41, 5.74) is 0. The first kappa shape index (κ1) is 14.8. The van der Waals surface area contributed by atoms with Crippen molar-refractivity contribution in [2.75, 3.05) is 6.54 Å². The van der Waals surface area contributed by atoms with Crippen LogP contribution in [0.5, 0.6) is 0 Å². The molecular weight excluding hydrogens is 237 g/mol. The maximum absolute atomic E-state index is 12.5. The first-order valence-corrected chi connectivity index (χ1v) is 5.25. The van der Waals surface area contributed by atoms with Crippen molar-refractivity contribution in [3.05, 3.63) is 23.6 Å². The molecule has 0 heterocycles. The van der Waals surface area contributed by atoms with Gasteiger partial charge in [-0.15, -0.1) is 0 Å². The van der Waals surface area contributed by atoms with Crippen LogP contribution >= 0.6 is 11.8 Å². The van der Waals surface area contributed by atoms with Crippen molar-refractivity contribution in [3.63, 3.8) is 0 Å². The maximum atomic E-state index is 12.5. The number of rotatable bonds is 4. The Hall–Kier alpha value is -1.22. The molecule has 2 nitrogen and oxygen atoms in total. The van der Waals surface area contributed by atoms with Crippen molar-refractivity contribution in [2.45, 2.75) is 19.5 Å². The van der Waals surface area contributed by atoms with Crippen LogP contribution < -0.4 is 0 Å². The Kier molecular flexibility index (Phi) is 6.58. The molecule has 0 radical (unpaired) electrons. The summed E-state index contributed by atoms with van der Waals surface area (Å²) in [4.78, 5) is 3.02. The van der Waals surface area contributed by atoms with Gasteiger partial charge in [0.05, 0.1) is 22.4 Å². The number of thioether (sulfide) groups is 1. The Morgan fingerprint density at radius 2 is 2.19 bits per heavy atom. The second kappa shape index (κ2) is 7.12. The number of nitrogens with zero attached hydrogens (tertiary/aromatic N) is 2. The summed E-state index contributed by atoms with van der Waals surface area (Å²) in [7, 11) is 0. The van der Waals surface area contributed by atoms with Gasteiger partial charge in [0.25, 0.3) is 0 Å². The lowest BCUT2D eigenvalue weighted by Gasteiger charge is -2.10. The van der Waals surface area contributed by atoms with Crippen molar-refractivity contribution in [2.24, 2.45) is 4.99 Å². The zero-order chi connectivity index (χ0) is 12.6. The summed E-state index contributed by atoms with van der Waals surface area (Å²) in [5, 5.41) is 8.61. The average molecular weight is 248 g/mol. The molecule has 0 saturated heterocycles. The highest BCUT2D eigenvalue weighted by Crippen LogP contribution is 2.35. The third-order valence-corrected chi connectivity index (χ3v) is 2.44. The van der Waals surface area contributed by atoms with E-state index in [4.69, 9.17) is 5.26 Å². The predicted molar refractivity (Wildman–Crippen MR) is 60.1 cm³/mol. The Balaban J connectivity index is 4.88. The SMILES string of the molecule is C=C/C=C(\SC(CC#N)=NCC)C(F)(F)F. The lowest BCUT2D eigenvalue weighted by atomic mass is 10.5. The molecule has 0 aromatic rings. The molecule has 0 saturated carbocycles. The zero-order valence-electron chi connectivity index (χ0n) is 8.71. The zero-order valence-corrected chi connectivity index (χ0v) is 9.53. The molecule has 6 heteroatoms. The minimum absolute atomic E-state index is 0.122. The normalized spacial score (nSPS) is 13.4. The molecule has 16 heavy (non-hydrogen) atoms. The van der Waals surface area contributed by atoms with Gasteiger partial charge in [0.2, 0.25) is 0 Å². The second-order valence-electron chi connectivity index (χ2n) is 2.57. The van der Waals surface area contributed by atoms with E-state index in [0.29, 0.717) is 18.3 Å². The lowest BCUT2D eigenvalue weighted by molar-refractivity contribution is -0.0835. The topological polar surface area (TPSA) is 36.1 Å². The van der Waals surface area contributed by atoms with Crippen LogP contribution in [0.2, 0.25) is 0 Å². The monoisotopic (exact) mass is 248 g/mol. The minimum atomic E-state index is -4.44. The smallest absolute Gasteiger partial charge is 0.282 e. The van der Waals surface area contributed by atoms with Crippen LogP contribution in [0.25, 0.3) is 0 Å². The molecule has 0 aliphatic carbocycles. The van der Waals surface area contributed by atoms with E-state index in [1.54, 1.807) is 13.0 Å². The predicted octanol–water partition coefficient (Wildman–Crippen LogP) is 3.68. The van der Waals surface area contributed by atoms with Gasteiger partial charge in [0.1, 0.15) is 0 Å². The van der Waals surface area contributed by atoms with E-state index in [1.807, 2.05) is 0 Å². The molecule has 0 rings (SSSR count). The van der Waals surface area contributed by atoms with Crippen LogP contribution in [0.3, 0.4) is 0 Å². The Morgan fingerprint density at radius 1 is 1.56 bits per heavy atom. The Labute approximate surface area is 96.6 Å². The first-order chi connectivity index (χ1) is 7.45. The number of halogens is 3. The van der Waals surface area contributed by atoms with E-state index in [0.717, 1.165) is 12.2 Å². The van der Waals surface area contributed by atoms with Crippen LogP contribution in [-0.4, -0.2) is 17.8 Å². The summed E-state index contributed by atoms with van der Waals surface area (Å²) in [6, 6.07) is 1.78. The van der Waals surface area contributed by atoms with Crippen LogP contribution in [0.1, 0.15) is 13.3 Å². The fourth-order valence-corrected chi connectivity index (χ4v) is 1.65. The van der Waals surface area contributed by atoms with Crippen molar-refractivity contribution < 1.29 is 13.2 Å². The fraction of sp³-hybridized carbons (Fsp3) is 0.400. The molecule has 0 fully saturated rings. The van der Waals surface area contributed by atoms with Crippen LogP contribution in [0.15, 0.2) is 28.6 Å². The number of nitriles is 1. The quantitative estimate of drug-likeness (QED) is 0.432. The van der Waals surface area contributed by atoms with Crippen molar-refractivity contribution >= 4 is 16.8 Å². The number of aliphatic imine (C=N–C) groups is 1. The van der Waals surface area contributed by atoms with Crippen molar-refractivity contribution in [1.29, 1.82) is 5.26 Å². The Bertz CT molecular complexity index is 337. The Morgan fingerprint density at radius 3 is 2.56 bits per heavy atom. The third kappa shape index (κ3) is 5.61. The standard InChI is InChI=1S/C10H11F3N2S/c1-3-5-8(10(11,12)13)16-9(6-7-14)15-4-2/h3,5H,1,4,6H2,2H3/b8-5-,15-9?. The molecule has 0 amide bonds. The van der Waals surface area contributed by atoms with Gasteiger partial charge in [-0.2, -0.15) is 18.4 Å².